The van der Waals surface area contributed by atoms with Crippen LogP contribution in [0.2, 0.25) is 0 Å². The number of H-pyrrole nitrogens is 1. The van der Waals surface area contributed by atoms with Gasteiger partial charge in [0.25, 0.3) is 5.56 Å². The average molecular weight is 470 g/mol. The van der Waals surface area contributed by atoms with E-state index in [2.05, 4.69) is 9.88 Å². The van der Waals surface area contributed by atoms with Crippen LogP contribution in [0.15, 0.2) is 39.9 Å². The van der Waals surface area contributed by atoms with Crippen LogP contribution in [0, 0.1) is 5.92 Å². The number of morpholine rings is 1. The molecule has 2 unspecified atom stereocenters. The molecular formula is C25H35N5O4. The van der Waals surface area contributed by atoms with Gasteiger partial charge in [0, 0.05) is 19.1 Å². The van der Waals surface area contributed by atoms with Crippen LogP contribution >= 0.6 is 0 Å². The number of ether oxygens (including phenoxy) is 1. The molecule has 2 aliphatic rings. The van der Waals surface area contributed by atoms with Crippen LogP contribution in [-0.2, 0) is 16.1 Å². The van der Waals surface area contributed by atoms with Crippen molar-refractivity contribution in [2.45, 2.75) is 58.2 Å². The third-order valence-corrected chi connectivity index (χ3v) is 6.70. The second kappa shape index (κ2) is 10.6. The lowest BCUT2D eigenvalue weighted by molar-refractivity contribution is -0.127. The van der Waals surface area contributed by atoms with E-state index in [0.29, 0.717) is 19.7 Å². The molecule has 1 aromatic heterocycles. The summed E-state index contributed by atoms with van der Waals surface area (Å²) in [6.45, 7) is 5.96. The number of carbonyl (C=O) groups is 1. The fraction of sp³-hybridized carbons (Fsp3) is 0.560. The van der Waals surface area contributed by atoms with E-state index in [1.807, 2.05) is 44.2 Å². The maximum atomic E-state index is 13.6. The molecule has 3 N–H and O–H groups in total. The number of carbonyl (C=O) groups excluding carboxylic acids is 1. The number of fused-ring (bicyclic) bond motifs is 1. The van der Waals surface area contributed by atoms with Crippen molar-refractivity contribution in [2.75, 3.05) is 36.9 Å². The van der Waals surface area contributed by atoms with E-state index in [4.69, 9.17) is 10.5 Å². The van der Waals surface area contributed by atoms with Gasteiger partial charge in [-0.05, 0) is 24.3 Å². The molecule has 184 valence electrons. The highest BCUT2D eigenvalue weighted by molar-refractivity contribution is 5.96. The minimum Gasteiger partial charge on any atom is -0.383 e. The van der Waals surface area contributed by atoms with Gasteiger partial charge in [0.05, 0.1) is 25.8 Å². The molecule has 2 heterocycles. The molecule has 0 radical (unpaired) electrons. The smallest absolute Gasteiger partial charge is 0.330 e. The lowest BCUT2D eigenvalue weighted by Gasteiger charge is -2.44. The summed E-state index contributed by atoms with van der Waals surface area (Å²) in [5, 5.41) is 0. The average Bonchev–Trinajstić information content (AvgIpc) is 2.81. The van der Waals surface area contributed by atoms with E-state index in [9.17, 15) is 14.4 Å². The number of aromatic nitrogens is 2. The number of benzene rings is 1. The van der Waals surface area contributed by atoms with E-state index in [1.54, 1.807) is 0 Å². The lowest BCUT2D eigenvalue weighted by atomic mass is 9.90. The Kier molecular flexibility index (Phi) is 7.53. The fourth-order valence-corrected chi connectivity index (χ4v) is 5.08. The maximum absolute atomic E-state index is 13.6. The zero-order valence-corrected chi connectivity index (χ0v) is 20.0. The zero-order valence-electron chi connectivity index (χ0n) is 20.0. The first-order valence-electron chi connectivity index (χ1n) is 12.2. The first kappa shape index (κ1) is 24.2. The highest BCUT2D eigenvalue weighted by Gasteiger charge is 2.36. The number of hydrogen-bond acceptors (Lipinski definition) is 6. The maximum Gasteiger partial charge on any atom is 0.330 e. The molecule has 34 heavy (non-hydrogen) atoms. The molecule has 1 saturated carbocycles. The molecule has 2 fully saturated rings. The predicted molar refractivity (Wildman–Crippen MR) is 132 cm³/mol. The topological polar surface area (TPSA) is 114 Å². The molecule has 0 bridgehead atoms. The number of hydrogen-bond donors (Lipinski definition) is 2. The Labute approximate surface area is 199 Å². The second-order valence-electron chi connectivity index (χ2n) is 9.69. The van der Waals surface area contributed by atoms with Gasteiger partial charge in [-0.15, -0.1) is 0 Å². The summed E-state index contributed by atoms with van der Waals surface area (Å²) >= 11 is 0. The molecule has 1 aromatic carbocycles. The van der Waals surface area contributed by atoms with E-state index in [0.717, 1.165) is 31.2 Å². The van der Waals surface area contributed by atoms with Crippen molar-refractivity contribution < 1.29 is 9.53 Å². The molecular weight excluding hydrogens is 434 g/mol. The van der Waals surface area contributed by atoms with Crippen LogP contribution in [0.25, 0.3) is 0 Å². The van der Waals surface area contributed by atoms with Gasteiger partial charge in [-0.2, -0.15) is 0 Å². The number of nitrogen functional groups attached to an aromatic ring is 1. The first-order valence-corrected chi connectivity index (χ1v) is 12.2. The van der Waals surface area contributed by atoms with E-state index >= 15 is 0 Å². The van der Waals surface area contributed by atoms with Crippen molar-refractivity contribution >= 4 is 17.4 Å². The SMILES string of the molecule is CC(C)CN(C(=O)CN1CCOC2CCCCC21)c1c(N)n(Cc2ccccc2)c(=O)[nH]c1=O. The van der Waals surface area contributed by atoms with Crippen molar-refractivity contribution in [3.8, 4) is 0 Å². The molecule has 1 saturated heterocycles. The van der Waals surface area contributed by atoms with Crippen molar-refractivity contribution in [1.29, 1.82) is 0 Å². The van der Waals surface area contributed by atoms with Crippen LogP contribution in [0.1, 0.15) is 45.1 Å². The molecule has 1 aliphatic carbocycles. The highest BCUT2D eigenvalue weighted by atomic mass is 16.5. The molecule has 9 nitrogen and oxygen atoms in total. The Bertz CT molecular complexity index is 1110. The summed E-state index contributed by atoms with van der Waals surface area (Å²) in [6.07, 6.45) is 4.46. The van der Waals surface area contributed by atoms with Crippen LogP contribution in [0.3, 0.4) is 0 Å². The Hall–Kier alpha value is -2.91. The Morgan fingerprint density at radius 3 is 2.68 bits per heavy atom. The Morgan fingerprint density at radius 2 is 1.94 bits per heavy atom. The third kappa shape index (κ3) is 5.26. The summed E-state index contributed by atoms with van der Waals surface area (Å²) < 4.78 is 7.27. The Morgan fingerprint density at radius 1 is 1.21 bits per heavy atom. The summed E-state index contributed by atoms with van der Waals surface area (Å²) in [6, 6.07) is 9.62. The number of anilines is 2. The van der Waals surface area contributed by atoms with Gasteiger partial charge in [0.15, 0.2) is 5.69 Å². The van der Waals surface area contributed by atoms with E-state index in [-0.39, 0.29) is 48.6 Å². The number of nitrogens with one attached hydrogen (secondary N) is 1. The summed E-state index contributed by atoms with van der Waals surface area (Å²) in [5.41, 5.74) is 6.08. The van der Waals surface area contributed by atoms with Gasteiger partial charge in [0.1, 0.15) is 5.82 Å². The van der Waals surface area contributed by atoms with Crippen molar-refractivity contribution in [3.05, 3.63) is 56.7 Å². The molecule has 2 atom stereocenters. The number of rotatable bonds is 7. The second-order valence-corrected chi connectivity index (χ2v) is 9.69. The first-order chi connectivity index (χ1) is 16.3. The van der Waals surface area contributed by atoms with Crippen LogP contribution < -0.4 is 21.9 Å². The molecule has 2 aromatic rings. The number of nitrogens with zero attached hydrogens (tertiary/aromatic N) is 3. The molecule has 0 spiro atoms. The fourth-order valence-electron chi connectivity index (χ4n) is 5.08. The standard InChI is InChI=1S/C25H35N5O4/c1-17(2)14-29(21(31)16-28-12-13-34-20-11-7-6-10-19(20)28)22-23(26)30(25(33)27-24(22)32)15-18-8-4-3-5-9-18/h3-5,8-9,17,19-20H,6-7,10-16,26H2,1-2H3,(H,27,32,33). The molecule has 4 rings (SSSR count). The lowest BCUT2D eigenvalue weighted by Crippen LogP contribution is -2.56. The van der Waals surface area contributed by atoms with Gasteiger partial charge in [-0.25, -0.2) is 4.79 Å². The predicted octanol–water partition coefficient (Wildman–Crippen LogP) is 1.80. The quantitative estimate of drug-likeness (QED) is 0.639. The molecule has 1 amide bonds. The van der Waals surface area contributed by atoms with Gasteiger partial charge in [-0.1, -0.05) is 57.0 Å². The summed E-state index contributed by atoms with van der Waals surface area (Å²) in [4.78, 5) is 45.2. The van der Waals surface area contributed by atoms with Crippen molar-refractivity contribution in [1.82, 2.24) is 14.5 Å². The van der Waals surface area contributed by atoms with Gasteiger partial charge in [0.2, 0.25) is 5.91 Å². The zero-order chi connectivity index (χ0) is 24.2. The highest BCUT2D eigenvalue weighted by Crippen LogP contribution is 2.29. The van der Waals surface area contributed by atoms with Gasteiger partial charge >= 0.3 is 5.69 Å². The van der Waals surface area contributed by atoms with Gasteiger partial charge in [-0.3, -0.25) is 24.0 Å². The summed E-state index contributed by atoms with van der Waals surface area (Å²) in [5.74, 6) is -0.0875. The number of aromatic amines is 1. The third-order valence-electron chi connectivity index (χ3n) is 6.70. The number of amides is 1. The monoisotopic (exact) mass is 469 g/mol. The minimum absolute atomic E-state index is 0.00382. The minimum atomic E-state index is -0.640. The largest absolute Gasteiger partial charge is 0.383 e. The number of nitrogens with two attached hydrogens (primary N) is 1. The van der Waals surface area contributed by atoms with Crippen LogP contribution in [0.5, 0.6) is 0 Å². The van der Waals surface area contributed by atoms with Crippen molar-refractivity contribution in [2.24, 2.45) is 5.92 Å². The molecule has 9 heteroatoms. The summed E-state index contributed by atoms with van der Waals surface area (Å²) in [7, 11) is 0. The molecule has 1 aliphatic heterocycles. The van der Waals surface area contributed by atoms with Crippen LogP contribution in [-0.4, -0.2) is 58.7 Å². The van der Waals surface area contributed by atoms with Crippen LogP contribution in [0.4, 0.5) is 11.5 Å². The van der Waals surface area contributed by atoms with E-state index in [1.165, 1.54) is 9.47 Å². The van der Waals surface area contributed by atoms with Gasteiger partial charge < -0.3 is 15.4 Å². The van der Waals surface area contributed by atoms with Crippen molar-refractivity contribution in [3.63, 3.8) is 0 Å². The normalized spacial score (nSPS) is 20.8. The van der Waals surface area contributed by atoms with E-state index < -0.39 is 11.2 Å². The Balaban J connectivity index is 1.65.